The smallest absolute Gasteiger partial charge is 0.252 e. The molecular weight excluding hydrogens is 527 g/mol. The molecule has 1 aromatic heterocycles. The molecule has 0 amide bonds. The number of nitrogens with one attached hydrogen (secondary N) is 2. The highest BCUT2D eigenvalue weighted by Gasteiger charge is 2.44. The largest absolute Gasteiger partial charge is 0.389 e. The number of benzene rings is 3. The fourth-order valence-corrected chi connectivity index (χ4v) is 6.47. The minimum Gasteiger partial charge on any atom is -0.389 e. The first kappa shape index (κ1) is 26.6. The second-order valence-electron chi connectivity index (χ2n) is 10.1. The van der Waals surface area contributed by atoms with Gasteiger partial charge in [0.05, 0.1) is 10.5 Å². The zero-order valence-corrected chi connectivity index (χ0v) is 22.5. The molecule has 4 aromatic rings. The monoisotopic (exact) mass is 554 g/mol. The fraction of sp³-hybridized carbons (Fsp3) is 0.276. The zero-order chi connectivity index (χ0) is 27.2. The lowest BCUT2D eigenvalue weighted by Gasteiger charge is -2.43. The molecule has 1 saturated heterocycles. The molecule has 38 heavy (non-hydrogen) atoms. The van der Waals surface area contributed by atoms with Gasteiger partial charge < -0.3 is 15.4 Å². The molecule has 6 nitrogen and oxygen atoms in total. The Morgan fingerprint density at radius 2 is 1.89 bits per heavy atom. The molecule has 0 radical (unpaired) electrons. The van der Waals surface area contributed by atoms with E-state index in [1.807, 2.05) is 13.0 Å². The summed E-state index contributed by atoms with van der Waals surface area (Å²) in [5.41, 5.74) is 1.37. The third kappa shape index (κ3) is 5.14. The van der Waals surface area contributed by atoms with Gasteiger partial charge in [-0.2, -0.15) is 0 Å². The maximum absolute atomic E-state index is 13.8. The molecule has 9 heteroatoms. The van der Waals surface area contributed by atoms with E-state index in [0.29, 0.717) is 40.0 Å². The average Bonchev–Trinajstić information content (AvgIpc) is 2.83. The SMILES string of the molecule is Cc1cc(F)ccc1[C@@H]1CC(O)(C(c2cccc(Cl)c2)c2cc3cc(S(C)(=O)=O)ccc3[nH]c2=O)CCN1. The second kappa shape index (κ2) is 9.93. The summed E-state index contributed by atoms with van der Waals surface area (Å²) in [4.78, 5) is 16.5. The van der Waals surface area contributed by atoms with E-state index in [2.05, 4.69) is 10.3 Å². The number of piperidine rings is 1. The van der Waals surface area contributed by atoms with Crippen LogP contribution in [0.15, 0.2) is 76.4 Å². The first-order valence-corrected chi connectivity index (χ1v) is 14.6. The lowest BCUT2D eigenvalue weighted by atomic mass is 9.70. The van der Waals surface area contributed by atoms with Crippen LogP contribution in [0.25, 0.3) is 10.9 Å². The molecule has 1 fully saturated rings. The maximum Gasteiger partial charge on any atom is 0.252 e. The fourth-order valence-electron chi connectivity index (χ4n) is 5.61. The van der Waals surface area contributed by atoms with E-state index in [0.717, 1.165) is 17.4 Å². The number of rotatable bonds is 5. The highest BCUT2D eigenvalue weighted by molar-refractivity contribution is 7.90. The van der Waals surface area contributed by atoms with Crippen molar-refractivity contribution in [2.45, 2.75) is 42.2 Å². The van der Waals surface area contributed by atoms with Crippen LogP contribution in [0.3, 0.4) is 0 Å². The van der Waals surface area contributed by atoms with Gasteiger partial charge in [0, 0.05) is 34.3 Å². The Balaban J connectivity index is 1.67. The number of H-pyrrole nitrogens is 1. The van der Waals surface area contributed by atoms with Gasteiger partial charge in [-0.25, -0.2) is 12.8 Å². The molecule has 5 rings (SSSR count). The highest BCUT2D eigenvalue weighted by Crippen LogP contribution is 2.44. The molecule has 2 heterocycles. The number of aliphatic hydroxyl groups is 1. The average molecular weight is 555 g/mol. The number of sulfone groups is 1. The Hall–Kier alpha value is -3.04. The van der Waals surface area contributed by atoms with Gasteiger partial charge in [-0.15, -0.1) is 0 Å². The lowest BCUT2D eigenvalue weighted by Crippen LogP contribution is -2.49. The summed E-state index contributed by atoms with van der Waals surface area (Å²) in [6.45, 7) is 2.30. The molecule has 198 valence electrons. The molecule has 0 saturated carbocycles. The molecule has 1 aliphatic heterocycles. The summed E-state index contributed by atoms with van der Waals surface area (Å²) in [7, 11) is -3.47. The number of aromatic amines is 1. The summed E-state index contributed by atoms with van der Waals surface area (Å²) in [6.07, 6.45) is 1.74. The van der Waals surface area contributed by atoms with Crippen LogP contribution in [-0.4, -0.2) is 36.9 Å². The van der Waals surface area contributed by atoms with E-state index < -0.39 is 21.4 Å². The van der Waals surface area contributed by atoms with Crippen LogP contribution >= 0.6 is 11.6 Å². The van der Waals surface area contributed by atoms with Crippen molar-refractivity contribution < 1.29 is 17.9 Å². The number of halogens is 2. The van der Waals surface area contributed by atoms with E-state index in [4.69, 9.17) is 11.6 Å². The minimum atomic E-state index is -3.47. The van der Waals surface area contributed by atoms with Crippen molar-refractivity contribution in [1.82, 2.24) is 10.3 Å². The Kier molecular flexibility index (Phi) is 6.94. The molecule has 3 N–H and O–H groups in total. The second-order valence-corrected chi connectivity index (χ2v) is 12.6. The number of hydrogen-bond donors (Lipinski definition) is 3. The molecule has 3 aromatic carbocycles. The number of fused-ring (bicyclic) bond motifs is 1. The van der Waals surface area contributed by atoms with Gasteiger partial charge in [0.2, 0.25) is 0 Å². The Morgan fingerprint density at radius 1 is 1.11 bits per heavy atom. The van der Waals surface area contributed by atoms with Crippen LogP contribution in [0.1, 0.15) is 47.1 Å². The van der Waals surface area contributed by atoms with Crippen molar-refractivity contribution in [3.8, 4) is 0 Å². The number of pyridine rings is 1. The standard InChI is InChI=1S/C29H28ClFN2O4S/c1-17-12-21(31)6-8-23(17)26-16-29(35,10-11-32-26)27(18-4-3-5-20(30)13-18)24-15-19-14-22(38(2,36)37)7-9-25(19)33-28(24)34/h3-9,12-15,26-27,32,35H,10-11,16H2,1-2H3,(H,33,34)/t26-,27?,29?/m0/s1. The van der Waals surface area contributed by atoms with Gasteiger partial charge in [-0.05, 0) is 96.9 Å². The Labute approximate surface area is 225 Å². The summed E-state index contributed by atoms with van der Waals surface area (Å²) in [5.74, 6) is -1.09. The third-order valence-corrected chi connectivity index (χ3v) is 8.76. The van der Waals surface area contributed by atoms with Crippen LogP contribution in [0, 0.1) is 12.7 Å². The van der Waals surface area contributed by atoms with Crippen molar-refractivity contribution in [1.29, 1.82) is 0 Å². The zero-order valence-electron chi connectivity index (χ0n) is 21.0. The van der Waals surface area contributed by atoms with E-state index >= 15 is 0 Å². The van der Waals surface area contributed by atoms with Crippen LogP contribution in [0.2, 0.25) is 5.02 Å². The number of aryl methyl sites for hydroxylation is 1. The van der Waals surface area contributed by atoms with Crippen molar-refractivity contribution in [2.75, 3.05) is 12.8 Å². The lowest BCUT2D eigenvalue weighted by molar-refractivity contribution is -0.0194. The molecule has 0 aliphatic carbocycles. The topological polar surface area (TPSA) is 99.3 Å². The summed E-state index contributed by atoms with van der Waals surface area (Å²) >= 11 is 6.34. The molecule has 1 aliphatic rings. The third-order valence-electron chi connectivity index (χ3n) is 7.42. The van der Waals surface area contributed by atoms with Crippen LogP contribution < -0.4 is 10.9 Å². The molecule has 0 spiro atoms. The van der Waals surface area contributed by atoms with Gasteiger partial charge in [0.15, 0.2) is 9.84 Å². The number of hydrogen-bond acceptors (Lipinski definition) is 5. The van der Waals surface area contributed by atoms with E-state index in [-0.39, 0.29) is 28.7 Å². The van der Waals surface area contributed by atoms with Crippen molar-refractivity contribution in [3.63, 3.8) is 0 Å². The van der Waals surface area contributed by atoms with Gasteiger partial charge in [0.25, 0.3) is 5.56 Å². The molecular formula is C29H28ClFN2O4S. The van der Waals surface area contributed by atoms with Gasteiger partial charge in [0.1, 0.15) is 5.82 Å². The highest BCUT2D eigenvalue weighted by atomic mass is 35.5. The van der Waals surface area contributed by atoms with Crippen molar-refractivity contribution >= 4 is 32.3 Å². The van der Waals surface area contributed by atoms with E-state index in [9.17, 15) is 22.7 Å². The minimum absolute atomic E-state index is 0.134. The van der Waals surface area contributed by atoms with Crippen LogP contribution in [-0.2, 0) is 9.84 Å². The summed E-state index contributed by atoms with van der Waals surface area (Å²) < 4.78 is 38.2. The van der Waals surface area contributed by atoms with Gasteiger partial charge in [-0.3, -0.25) is 4.79 Å². The van der Waals surface area contributed by atoms with Gasteiger partial charge >= 0.3 is 0 Å². The van der Waals surface area contributed by atoms with E-state index in [1.165, 1.54) is 24.3 Å². The van der Waals surface area contributed by atoms with Crippen molar-refractivity contribution in [2.24, 2.45) is 0 Å². The van der Waals surface area contributed by atoms with E-state index in [1.54, 1.807) is 36.4 Å². The molecule has 0 bridgehead atoms. The predicted molar refractivity (Wildman–Crippen MR) is 147 cm³/mol. The van der Waals surface area contributed by atoms with Gasteiger partial charge in [-0.1, -0.05) is 29.8 Å². The molecule has 3 atom stereocenters. The normalized spacial score (nSPS) is 20.9. The predicted octanol–water partition coefficient (Wildman–Crippen LogP) is 5.02. The maximum atomic E-state index is 13.8. The van der Waals surface area contributed by atoms with Crippen molar-refractivity contribution in [3.05, 3.63) is 110 Å². The summed E-state index contributed by atoms with van der Waals surface area (Å²) in [5, 5.41) is 16.7. The first-order chi connectivity index (χ1) is 17.9. The van der Waals surface area contributed by atoms with Crippen LogP contribution in [0.4, 0.5) is 4.39 Å². The molecule has 2 unspecified atom stereocenters. The Morgan fingerprint density at radius 3 is 2.61 bits per heavy atom. The first-order valence-electron chi connectivity index (χ1n) is 12.3. The Bertz CT molecular complexity index is 1700. The number of aromatic nitrogens is 1. The summed E-state index contributed by atoms with van der Waals surface area (Å²) in [6, 6.07) is 17.6. The quantitative estimate of drug-likeness (QED) is 0.322. The van der Waals surface area contributed by atoms with Crippen LogP contribution in [0.5, 0.6) is 0 Å².